The van der Waals surface area contributed by atoms with E-state index in [0.29, 0.717) is 23.4 Å². The second-order valence-electron chi connectivity index (χ2n) is 2.73. The van der Waals surface area contributed by atoms with E-state index >= 15 is 0 Å². The molecule has 74 valence electrons. The van der Waals surface area contributed by atoms with Gasteiger partial charge in [0.25, 0.3) is 0 Å². The van der Waals surface area contributed by atoms with Crippen LogP contribution in [0.1, 0.15) is 22.8 Å². The van der Waals surface area contributed by atoms with Gasteiger partial charge >= 0.3 is 5.97 Å². The van der Waals surface area contributed by atoms with Gasteiger partial charge in [0, 0.05) is 5.69 Å². The molecule has 0 amide bonds. The summed E-state index contributed by atoms with van der Waals surface area (Å²) in [4.78, 5) is 11.3. The number of anilines is 1. The first-order valence-electron chi connectivity index (χ1n) is 4.30. The Bertz CT molecular complexity index is 361. The lowest BCUT2D eigenvalue weighted by atomic mass is 10.1. The highest BCUT2D eigenvalue weighted by Gasteiger charge is 2.08. The van der Waals surface area contributed by atoms with E-state index in [4.69, 9.17) is 15.9 Å². The van der Waals surface area contributed by atoms with Crippen molar-refractivity contribution in [3.8, 4) is 0 Å². The average molecular weight is 193 g/mol. The maximum Gasteiger partial charge on any atom is 0.338 e. The third-order valence-electron chi connectivity index (χ3n) is 1.78. The molecule has 1 rings (SSSR count). The lowest BCUT2D eigenvalue weighted by Gasteiger charge is -2.03. The maximum absolute atomic E-state index is 11.3. The molecule has 0 fully saturated rings. The van der Waals surface area contributed by atoms with Crippen LogP contribution in [0, 0.1) is 0 Å². The van der Waals surface area contributed by atoms with Crippen molar-refractivity contribution in [2.45, 2.75) is 6.92 Å². The number of hydrogen-bond acceptors (Lipinski definition) is 3. The molecule has 4 nitrogen and oxygen atoms in total. The van der Waals surface area contributed by atoms with Gasteiger partial charge in [-0.15, -0.1) is 0 Å². The number of nitrogens with two attached hydrogens (primary N) is 2. The summed E-state index contributed by atoms with van der Waals surface area (Å²) in [5, 5.41) is 5.31. The number of nitrogen functional groups attached to an aromatic ring is 1. The Hall–Kier alpha value is -1.84. The molecule has 0 aliphatic heterocycles. The van der Waals surface area contributed by atoms with E-state index in [2.05, 4.69) is 0 Å². The van der Waals surface area contributed by atoms with E-state index < -0.39 is 0 Å². The molecule has 0 spiro atoms. The molecule has 0 unspecified atom stereocenters. The van der Waals surface area contributed by atoms with Crippen molar-refractivity contribution in [2.75, 3.05) is 12.3 Å². The van der Waals surface area contributed by atoms with Crippen molar-refractivity contribution in [1.82, 2.24) is 0 Å². The Morgan fingerprint density at radius 2 is 2.36 bits per heavy atom. The van der Waals surface area contributed by atoms with Crippen LogP contribution in [0.4, 0.5) is 5.69 Å². The third kappa shape index (κ3) is 2.10. The van der Waals surface area contributed by atoms with Crippen LogP contribution in [0.3, 0.4) is 0 Å². The predicted octanol–water partition coefficient (Wildman–Crippen LogP) is -0.376. The molecule has 0 atom stereocenters. The van der Waals surface area contributed by atoms with E-state index in [9.17, 15) is 4.79 Å². The van der Waals surface area contributed by atoms with E-state index in [1.807, 2.05) is 0 Å². The van der Waals surface area contributed by atoms with Gasteiger partial charge in [0.2, 0.25) is 0 Å². The van der Waals surface area contributed by atoms with Crippen molar-refractivity contribution in [2.24, 2.45) is 0 Å². The van der Waals surface area contributed by atoms with Crippen LogP contribution in [0.2, 0.25) is 0 Å². The fraction of sp³-hybridized carbons (Fsp3) is 0.200. The monoisotopic (exact) mass is 193 g/mol. The molecule has 4 N–H and O–H groups in total. The Morgan fingerprint density at radius 3 is 2.86 bits per heavy atom. The summed E-state index contributed by atoms with van der Waals surface area (Å²) in [6.45, 7) is 2.10. The second-order valence-corrected chi connectivity index (χ2v) is 2.73. The molecule has 0 saturated heterocycles. The molecule has 0 aliphatic rings. The molecule has 0 saturated carbocycles. The molecular weight excluding hydrogens is 180 g/mol. The fourth-order valence-electron chi connectivity index (χ4n) is 1.07. The van der Waals surface area contributed by atoms with Gasteiger partial charge in [-0.2, -0.15) is 0 Å². The standard InChI is InChI=1S/C10H12N2O2/c1-2-14-10(13)7-3-4-8(6-11)9(12)5-7/h3-6,11H,2,12H2,1H3/p+1. The minimum Gasteiger partial charge on any atom is -0.462 e. The topological polar surface area (TPSA) is 77.9 Å². The van der Waals surface area contributed by atoms with Gasteiger partial charge in [-0.3, -0.25) is 5.41 Å². The number of hydrogen-bond donors (Lipinski definition) is 2. The average Bonchev–Trinajstić information content (AvgIpc) is 2.18. The zero-order valence-corrected chi connectivity index (χ0v) is 7.99. The van der Waals surface area contributed by atoms with Crippen LogP contribution in [-0.4, -0.2) is 18.8 Å². The molecule has 0 aliphatic carbocycles. The quantitative estimate of drug-likeness (QED) is 0.390. The summed E-state index contributed by atoms with van der Waals surface area (Å²) in [5.41, 5.74) is 7.26. The Labute approximate surface area is 82.2 Å². The number of esters is 1. The van der Waals surface area contributed by atoms with Crippen molar-refractivity contribution in [1.29, 1.82) is 0 Å². The van der Waals surface area contributed by atoms with Crippen LogP contribution < -0.4 is 11.1 Å². The summed E-state index contributed by atoms with van der Waals surface area (Å²) in [5.74, 6) is -0.372. The maximum atomic E-state index is 11.3. The molecule has 1 aromatic carbocycles. The normalized spacial score (nSPS) is 9.50. The molecule has 0 heterocycles. The number of rotatable bonds is 3. The Kier molecular flexibility index (Phi) is 3.23. The SMILES string of the molecule is CCOC(=O)c1ccc(C=[NH2+])c(N)c1. The first-order valence-corrected chi connectivity index (χ1v) is 4.30. The molecular formula is C10H13N2O2+. The largest absolute Gasteiger partial charge is 0.462 e. The predicted molar refractivity (Wildman–Crippen MR) is 53.9 cm³/mol. The zero-order chi connectivity index (χ0) is 10.6. The van der Waals surface area contributed by atoms with Crippen molar-refractivity contribution >= 4 is 17.9 Å². The molecule has 0 aromatic heterocycles. The lowest BCUT2D eigenvalue weighted by Crippen LogP contribution is -2.30. The highest BCUT2D eigenvalue weighted by Crippen LogP contribution is 2.12. The number of carbonyl (C=O) groups is 1. The van der Waals surface area contributed by atoms with Crippen LogP contribution in [0.25, 0.3) is 0 Å². The van der Waals surface area contributed by atoms with Crippen LogP contribution in [0.5, 0.6) is 0 Å². The third-order valence-corrected chi connectivity index (χ3v) is 1.78. The molecule has 14 heavy (non-hydrogen) atoms. The first-order chi connectivity index (χ1) is 6.69. The van der Waals surface area contributed by atoms with E-state index in [-0.39, 0.29) is 5.97 Å². The highest BCUT2D eigenvalue weighted by atomic mass is 16.5. The van der Waals surface area contributed by atoms with Crippen molar-refractivity contribution in [3.63, 3.8) is 0 Å². The summed E-state index contributed by atoms with van der Waals surface area (Å²) in [6, 6.07) is 4.87. The highest BCUT2D eigenvalue weighted by molar-refractivity contribution is 5.93. The van der Waals surface area contributed by atoms with E-state index in [1.165, 1.54) is 6.21 Å². The Balaban J connectivity index is 2.96. The smallest absolute Gasteiger partial charge is 0.338 e. The van der Waals surface area contributed by atoms with Crippen LogP contribution in [0.15, 0.2) is 18.2 Å². The zero-order valence-electron chi connectivity index (χ0n) is 7.99. The van der Waals surface area contributed by atoms with Crippen molar-refractivity contribution < 1.29 is 14.9 Å². The molecule has 0 bridgehead atoms. The molecule has 1 aromatic rings. The van der Waals surface area contributed by atoms with E-state index in [0.717, 1.165) is 0 Å². The Morgan fingerprint density at radius 1 is 1.64 bits per heavy atom. The summed E-state index contributed by atoms with van der Waals surface area (Å²) < 4.78 is 4.82. The van der Waals surface area contributed by atoms with Gasteiger partial charge in [0.05, 0.1) is 17.7 Å². The van der Waals surface area contributed by atoms with Gasteiger partial charge in [-0.05, 0) is 25.1 Å². The number of benzene rings is 1. The van der Waals surface area contributed by atoms with Crippen molar-refractivity contribution in [3.05, 3.63) is 29.3 Å². The van der Waals surface area contributed by atoms with Gasteiger partial charge in [-0.1, -0.05) is 0 Å². The van der Waals surface area contributed by atoms with Gasteiger partial charge < -0.3 is 10.5 Å². The van der Waals surface area contributed by atoms with Gasteiger partial charge in [0.15, 0.2) is 6.21 Å². The minimum absolute atomic E-state index is 0.351. The van der Waals surface area contributed by atoms with Crippen LogP contribution in [-0.2, 0) is 4.74 Å². The molecule has 4 heteroatoms. The number of ether oxygens (including phenoxy) is 1. The number of carbonyl (C=O) groups excluding carboxylic acids is 1. The molecule has 0 radical (unpaired) electrons. The lowest BCUT2D eigenvalue weighted by molar-refractivity contribution is -0.104. The fourth-order valence-corrected chi connectivity index (χ4v) is 1.07. The summed E-state index contributed by atoms with van der Waals surface area (Å²) in [6.07, 6.45) is 1.39. The van der Waals surface area contributed by atoms with Gasteiger partial charge in [-0.25, -0.2) is 4.79 Å². The first kappa shape index (κ1) is 10.2. The van der Waals surface area contributed by atoms with E-state index in [1.54, 1.807) is 25.1 Å². The minimum atomic E-state index is -0.372. The second kappa shape index (κ2) is 4.41. The summed E-state index contributed by atoms with van der Waals surface area (Å²) in [7, 11) is 0. The summed E-state index contributed by atoms with van der Waals surface area (Å²) >= 11 is 0. The van der Waals surface area contributed by atoms with Gasteiger partial charge in [0.1, 0.15) is 0 Å². The van der Waals surface area contributed by atoms with Crippen LogP contribution >= 0.6 is 0 Å².